The first-order chi connectivity index (χ1) is 9.29. The van der Waals surface area contributed by atoms with E-state index in [0.29, 0.717) is 13.2 Å². The highest BCUT2D eigenvalue weighted by atomic mass is 16.7. The molecule has 1 aromatic carbocycles. The van der Waals surface area contributed by atoms with E-state index in [9.17, 15) is 4.79 Å². The second kappa shape index (κ2) is 4.90. The summed E-state index contributed by atoms with van der Waals surface area (Å²) in [6.07, 6.45) is 1.56. The normalized spacial score (nSPS) is 25.5. The molecule has 19 heavy (non-hydrogen) atoms. The first-order valence-electron chi connectivity index (χ1n) is 6.46. The number of nitrogens with zero attached hydrogens (tertiary/aromatic N) is 3. The van der Waals surface area contributed by atoms with Gasteiger partial charge in [-0.3, -0.25) is 4.84 Å². The first-order valence-corrected chi connectivity index (χ1v) is 6.46. The molecule has 0 aromatic heterocycles. The van der Waals surface area contributed by atoms with Crippen LogP contribution in [0.3, 0.4) is 0 Å². The number of carbonyl (C=O) groups is 1. The minimum absolute atomic E-state index is 0.0841. The van der Waals surface area contributed by atoms with Gasteiger partial charge in [-0.1, -0.05) is 30.3 Å². The molecule has 5 nitrogen and oxygen atoms in total. The van der Waals surface area contributed by atoms with Gasteiger partial charge in [-0.25, -0.2) is 4.79 Å². The molecule has 3 rings (SSSR count). The second-order valence-corrected chi connectivity index (χ2v) is 4.90. The van der Waals surface area contributed by atoms with Crippen LogP contribution in [0.25, 0.3) is 0 Å². The van der Waals surface area contributed by atoms with E-state index >= 15 is 0 Å². The van der Waals surface area contributed by atoms with E-state index in [2.05, 4.69) is 6.07 Å². The Kier molecular flexibility index (Phi) is 3.10. The lowest BCUT2D eigenvalue weighted by molar-refractivity contribution is -0.140. The van der Waals surface area contributed by atoms with Crippen molar-refractivity contribution in [2.24, 2.45) is 0 Å². The molecule has 2 heterocycles. The molecule has 0 radical (unpaired) electrons. The molecule has 0 unspecified atom stereocenters. The fourth-order valence-electron chi connectivity index (χ4n) is 2.65. The summed E-state index contributed by atoms with van der Waals surface area (Å²) < 4.78 is 0. The number of carbonyl (C=O) groups excluding carboxylic acids is 1. The summed E-state index contributed by atoms with van der Waals surface area (Å²) in [6, 6.07) is 11.5. The van der Waals surface area contributed by atoms with Crippen LogP contribution < -0.4 is 0 Å². The van der Waals surface area contributed by atoms with Crippen molar-refractivity contribution in [2.45, 2.75) is 31.5 Å². The van der Waals surface area contributed by atoms with Crippen molar-refractivity contribution in [3.05, 3.63) is 35.9 Å². The van der Waals surface area contributed by atoms with Crippen LogP contribution in [0.4, 0.5) is 4.79 Å². The Balaban J connectivity index is 1.66. The highest BCUT2D eigenvalue weighted by Gasteiger charge is 2.45. The average Bonchev–Trinajstić information content (AvgIpc) is 2.71. The minimum Gasteiger partial charge on any atom is -0.305 e. The molecule has 2 aliphatic heterocycles. The van der Waals surface area contributed by atoms with Gasteiger partial charge in [-0.15, -0.1) is 0 Å². The van der Waals surface area contributed by atoms with Gasteiger partial charge in [-0.2, -0.15) is 10.3 Å². The molecule has 0 aliphatic carbocycles. The maximum Gasteiger partial charge on any atom is 0.345 e. The third-order valence-corrected chi connectivity index (χ3v) is 3.69. The van der Waals surface area contributed by atoms with Gasteiger partial charge in [0.15, 0.2) is 0 Å². The van der Waals surface area contributed by atoms with Gasteiger partial charge in [0.2, 0.25) is 0 Å². The van der Waals surface area contributed by atoms with E-state index in [1.807, 2.05) is 30.3 Å². The lowest BCUT2D eigenvalue weighted by atomic mass is 10.0. The van der Waals surface area contributed by atoms with Crippen molar-refractivity contribution >= 4 is 6.03 Å². The Bertz CT molecular complexity index is 511. The fraction of sp³-hybridized carbons (Fsp3) is 0.429. The van der Waals surface area contributed by atoms with Crippen LogP contribution in [-0.2, 0) is 11.4 Å². The molecule has 0 N–H and O–H groups in total. The molecule has 2 atom stereocenters. The third-order valence-electron chi connectivity index (χ3n) is 3.69. The summed E-state index contributed by atoms with van der Waals surface area (Å²) in [5, 5.41) is 10.5. The summed E-state index contributed by atoms with van der Waals surface area (Å²) in [7, 11) is 0. The van der Waals surface area contributed by atoms with Crippen LogP contribution >= 0.6 is 0 Å². The number of piperidine rings is 1. The third kappa shape index (κ3) is 2.15. The maximum absolute atomic E-state index is 12.2. The van der Waals surface area contributed by atoms with Crippen molar-refractivity contribution in [3.8, 4) is 6.07 Å². The van der Waals surface area contributed by atoms with Crippen LogP contribution in [0.1, 0.15) is 18.4 Å². The Morgan fingerprint density at radius 1 is 1.32 bits per heavy atom. The molecule has 2 saturated heterocycles. The van der Waals surface area contributed by atoms with Gasteiger partial charge in [0.1, 0.15) is 12.6 Å². The van der Waals surface area contributed by atoms with E-state index < -0.39 is 0 Å². The summed E-state index contributed by atoms with van der Waals surface area (Å²) in [5.74, 6) is 0. The summed E-state index contributed by atoms with van der Waals surface area (Å²) in [6.45, 7) is 0.986. The van der Waals surface area contributed by atoms with Crippen molar-refractivity contribution in [1.29, 1.82) is 5.26 Å². The number of urea groups is 1. The molecular formula is C14H15N3O2. The van der Waals surface area contributed by atoms with E-state index in [1.54, 1.807) is 4.90 Å². The van der Waals surface area contributed by atoms with E-state index in [0.717, 1.165) is 18.4 Å². The molecule has 2 fully saturated rings. The van der Waals surface area contributed by atoms with Crippen LogP contribution in [0.2, 0.25) is 0 Å². The zero-order chi connectivity index (χ0) is 13.2. The Morgan fingerprint density at radius 2 is 2.11 bits per heavy atom. The van der Waals surface area contributed by atoms with Gasteiger partial charge in [0.25, 0.3) is 0 Å². The zero-order valence-electron chi connectivity index (χ0n) is 10.5. The van der Waals surface area contributed by atoms with Crippen LogP contribution in [-0.4, -0.2) is 34.6 Å². The average molecular weight is 257 g/mol. The number of hydrogen-bond donors (Lipinski definition) is 0. The monoisotopic (exact) mass is 257 g/mol. The van der Waals surface area contributed by atoms with Gasteiger partial charge < -0.3 is 4.90 Å². The van der Waals surface area contributed by atoms with Gasteiger partial charge in [0, 0.05) is 6.54 Å². The van der Waals surface area contributed by atoms with Crippen molar-refractivity contribution in [3.63, 3.8) is 0 Å². The molecule has 98 valence electrons. The number of rotatable bonds is 3. The van der Waals surface area contributed by atoms with E-state index in [-0.39, 0.29) is 18.1 Å². The Labute approximate surface area is 111 Å². The largest absolute Gasteiger partial charge is 0.345 e. The van der Waals surface area contributed by atoms with Crippen LogP contribution in [0, 0.1) is 11.3 Å². The van der Waals surface area contributed by atoms with Gasteiger partial charge in [-0.05, 0) is 18.4 Å². The second-order valence-electron chi connectivity index (χ2n) is 4.90. The predicted octanol–water partition coefficient (Wildman–Crippen LogP) is 1.91. The highest BCUT2D eigenvalue weighted by molar-refractivity contribution is 5.77. The first kappa shape index (κ1) is 12.0. The van der Waals surface area contributed by atoms with Gasteiger partial charge >= 0.3 is 6.03 Å². The zero-order valence-corrected chi connectivity index (χ0v) is 10.5. The number of amides is 2. The van der Waals surface area contributed by atoms with E-state index in [1.165, 1.54) is 5.06 Å². The quantitative estimate of drug-likeness (QED) is 0.831. The number of hydrogen-bond acceptors (Lipinski definition) is 3. The van der Waals surface area contributed by atoms with Gasteiger partial charge in [0.05, 0.1) is 12.1 Å². The van der Waals surface area contributed by atoms with Crippen molar-refractivity contribution < 1.29 is 9.63 Å². The molecule has 0 saturated carbocycles. The SMILES string of the molecule is N#C[C@@H]1CC[C@H]2CN1C(=O)N2OCc1ccccc1. The topological polar surface area (TPSA) is 56.6 Å². The van der Waals surface area contributed by atoms with Crippen molar-refractivity contribution in [1.82, 2.24) is 9.96 Å². The minimum atomic E-state index is -0.297. The molecule has 2 amide bonds. The standard InChI is InChI=1S/C14H15N3O2/c15-8-12-6-7-13-9-16(12)14(18)17(13)19-10-11-4-2-1-3-5-11/h1-5,12-13H,6-7,9-10H2/t12-,13-/m0/s1. The van der Waals surface area contributed by atoms with Crippen LogP contribution in [0.5, 0.6) is 0 Å². The lowest BCUT2D eigenvalue weighted by Crippen LogP contribution is -2.38. The summed E-state index contributed by atoms with van der Waals surface area (Å²) in [4.78, 5) is 19.4. The molecule has 1 aromatic rings. The number of hydroxylamine groups is 2. The van der Waals surface area contributed by atoms with E-state index in [4.69, 9.17) is 10.1 Å². The molecule has 2 aliphatic rings. The maximum atomic E-state index is 12.2. The Hall–Kier alpha value is -2.06. The highest BCUT2D eigenvalue weighted by Crippen LogP contribution is 2.29. The smallest absolute Gasteiger partial charge is 0.305 e. The number of benzene rings is 1. The Morgan fingerprint density at radius 3 is 2.84 bits per heavy atom. The molecule has 5 heteroatoms. The van der Waals surface area contributed by atoms with Crippen molar-refractivity contribution in [2.75, 3.05) is 6.54 Å². The predicted molar refractivity (Wildman–Crippen MR) is 67.6 cm³/mol. The van der Waals surface area contributed by atoms with Crippen LogP contribution in [0.15, 0.2) is 30.3 Å². The fourth-order valence-corrected chi connectivity index (χ4v) is 2.65. The molecule has 0 spiro atoms. The number of nitriles is 1. The molecular weight excluding hydrogens is 242 g/mol. The molecule has 2 bridgehead atoms. The number of fused-ring (bicyclic) bond motifs is 2. The summed E-state index contributed by atoms with van der Waals surface area (Å²) in [5.41, 5.74) is 1.03. The lowest BCUT2D eigenvalue weighted by Gasteiger charge is -2.25. The summed E-state index contributed by atoms with van der Waals surface area (Å²) >= 11 is 0.